The van der Waals surface area contributed by atoms with Crippen molar-refractivity contribution in [3.8, 4) is 0 Å². The Kier molecular flexibility index (Phi) is 4.66. The van der Waals surface area contributed by atoms with E-state index in [0.717, 1.165) is 30.9 Å². The van der Waals surface area contributed by atoms with Crippen molar-refractivity contribution < 1.29 is 0 Å². The van der Waals surface area contributed by atoms with Crippen LogP contribution in [0.1, 0.15) is 24.7 Å². The van der Waals surface area contributed by atoms with Crippen molar-refractivity contribution in [3.63, 3.8) is 0 Å². The number of nitrogens with zero attached hydrogens (tertiary/aromatic N) is 4. The monoisotopic (exact) mass is 264 g/mol. The van der Waals surface area contributed by atoms with Crippen LogP contribution in [0.3, 0.4) is 0 Å². The molecular formula is C11H16N6S. The van der Waals surface area contributed by atoms with Crippen LogP contribution in [0, 0.1) is 6.92 Å². The van der Waals surface area contributed by atoms with Crippen LogP contribution >= 0.6 is 11.8 Å². The van der Waals surface area contributed by atoms with Gasteiger partial charge in [0.05, 0.1) is 0 Å². The zero-order valence-corrected chi connectivity index (χ0v) is 11.3. The molecule has 7 heteroatoms. The number of hydrogen-bond donors (Lipinski definition) is 2. The number of aromatic amines is 1. The van der Waals surface area contributed by atoms with Crippen LogP contribution in [-0.2, 0) is 6.54 Å². The van der Waals surface area contributed by atoms with Crippen molar-refractivity contribution in [1.82, 2.24) is 30.5 Å². The number of hydrogen-bond acceptors (Lipinski definition) is 6. The first-order chi connectivity index (χ1) is 8.78. The van der Waals surface area contributed by atoms with Crippen LogP contribution in [0.5, 0.6) is 0 Å². The summed E-state index contributed by atoms with van der Waals surface area (Å²) in [6.07, 6.45) is 4.79. The molecule has 2 N–H and O–H groups in total. The summed E-state index contributed by atoms with van der Waals surface area (Å²) in [4.78, 5) is 12.8. The van der Waals surface area contributed by atoms with Crippen molar-refractivity contribution >= 4 is 11.8 Å². The predicted molar refractivity (Wildman–Crippen MR) is 69.3 cm³/mol. The van der Waals surface area contributed by atoms with E-state index in [9.17, 15) is 0 Å². The summed E-state index contributed by atoms with van der Waals surface area (Å²) in [5.41, 5.74) is 1.08. The van der Waals surface area contributed by atoms with E-state index in [0.29, 0.717) is 10.3 Å². The minimum atomic E-state index is 0.643. The van der Waals surface area contributed by atoms with Gasteiger partial charge in [-0.15, -0.1) is 5.10 Å². The van der Waals surface area contributed by atoms with Crippen molar-refractivity contribution in [2.45, 2.75) is 37.1 Å². The fourth-order valence-corrected chi connectivity index (χ4v) is 1.99. The van der Waals surface area contributed by atoms with Gasteiger partial charge in [-0.1, -0.05) is 6.92 Å². The van der Waals surface area contributed by atoms with E-state index in [1.54, 1.807) is 0 Å². The van der Waals surface area contributed by atoms with Crippen molar-refractivity contribution in [3.05, 3.63) is 23.8 Å². The van der Waals surface area contributed by atoms with E-state index in [1.807, 2.05) is 19.3 Å². The third kappa shape index (κ3) is 3.78. The Labute approximate surface area is 110 Å². The summed E-state index contributed by atoms with van der Waals surface area (Å²) < 4.78 is 0. The fourth-order valence-electron chi connectivity index (χ4n) is 1.35. The van der Waals surface area contributed by atoms with Crippen LogP contribution in [0.15, 0.2) is 22.7 Å². The molecule has 0 aromatic carbocycles. The zero-order valence-electron chi connectivity index (χ0n) is 10.5. The maximum absolute atomic E-state index is 4.28. The highest BCUT2D eigenvalue weighted by Gasteiger charge is 2.05. The molecule has 0 atom stereocenters. The van der Waals surface area contributed by atoms with Gasteiger partial charge < -0.3 is 5.32 Å². The smallest absolute Gasteiger partial charge is 0.216 e. The van der Waals surface area contributed by atoms with E-state index in [2.05, 4.69) is 37.4 Å². The lowest BCUT2D eigenvalue weighted by atomic mass is 10.3. The largest absolute Gasteiger partial charge is 0.313 e. The first kappa shape index (κ1) is 13.0. The molecule has 2 heterocycles. The van der Waals surface area contributed by atoms with Crippen LogP contribution in [0.25, 0.3) is 0 Å². The fraction of sp³-hybridized carbons (Fsp3) is 0.455. The van der Waals surface area contributed by atoms with Crippen LogP contribution in [-0.4, -0.2) is 31.7 Å². The zero-order chi connectivity index (χ0) is 12.8. The summed E-state index contributed by atoms with van der Waals surface area (Å²) in [6.45, 7) is 5.81. The maximum Gasteiger partial charge on any atom is 0.216 e. The van der Waals surface area contributed by atoms with Gasteiger partial charge in [0.25, 0.3) is 0 Å². The van der Waals surface area contributed by atoms with Gasteiger partial charge in [0.15, 0.2) is 5.16 Å². The van der Waals surface area contributed by atoms with Gasteiger partial charge in [0, 0.05) is 24.5 Å². The molecular weight excluding hydrogens is 248 g/mol. The van der Waals surface area contributed by atoms with E-state index >= 15 is 0 Å². The first-order valence-electron chi connectivity index (χ1n) is 5.86. The Hall–Kier alpha value is -1.47. The highest BCUT2D eigenvalue weighted by Crippen LogP contribution is 2.19. The second kappa shape index (κ2) is 6.46. The molecule has 0 amide bonds. The number of aromatic nitrogens is 5. The second-order valence-corrected chi connectivity index (χ2v) is 4.79. The summed E-state index contributed by atoms with van der Waals surface area (Å²) in [6, 6.07) is 0. The maximum atomic E-state index is 4.28. The topological polar surface area (TPSA) is 79.4 Å². The Morgan fingerprint density at radius 3 is 2.67 bits per heavy atom. The lowest BCUT2D eigenvalue weighted by molar-refractivity contribution is 0.669. The first-order valence-corrected chi connectivity index (χ1v) is 6.68. The molecule has 0 fully saturated rings. The van der Waals surface area contributed by atoms with Crippen LogP contribution in [0.2, 0.25) is 0 Å². The van der Waals surface area contributed by atoms with Crippen molar-refractivity contribution in [2.75, 3.05) is 6.54 Å². The molecule has 0 aliphatic heterocycles. The predicted octanol–water partition coefficient (Wildman–Crippen LogP) is 1.55. The molecule has 0 saturated heterocycles. The number of aryl methyl sites for hydroxylation is 1. The molecule has 96 valence electrons. The Morgan fingerprint density at radius 1 is 1.28 bits per heavy atom. The molecule has 2 aromatic heterocycles. The Bertz CT molecular complexity index is 481. The standard InChI is InChI=1S/C11H16N6S/c1-3-4-12-5-9-6-13-10(14-7-9)18-11-15-8(2)16-17-11/h6-7,12H,3-5H2,1-2H3,(H,15,16,17). The summed E-state index contributed by atoms with van der Waals surface area (Å²) in [7, 11) is 0. The molecule has 6 nitrogen and oxygen atoms in total. The summed E-state index contributed by atoms with van der Waals surface area (Å²) in [5.74, 6) is 0.790. The molecule has 2 rings (SSSR count). The van der Waals surface area contributed by atoms with E-state index in [-0.39, 0.29) is 0 Å². The van der Waals surface area contributed by atoms with Crippen molar-refractivity contribution in [2.24, 2.45) is 0 Å². The molecule has 18 heavy (non-hydrogen) atoms. The third-order valence-corrected chi connectivity index (χ3v) is 2.96. The highest BCUT2D eigenvalue weighted by molar-refractivity contribution is 7.99. The molecule has 2 aromatic rings. The van der Waals surface area contributed by atoms with Gasteiger partial charge in [-0.25, -0.2) is 15.0 Å². The molecule has 0 aliphatic carbocycles. The lowest BCUT2D eigenvalue weighted by Crippen LogP contribution is -2.14. The molecule has 0 aliphatic rings. The van der Waals surface area contributed by atoms with E-state index in [1.165, 1.54) is 11.8 Å². The average molecular weight is 264 g/mol. The van der Waals surface area contributed by atoms with Gasteiger partial charge in [-0.05, 0) is 31.7 Å². The quantitative estimate of drug-likeness (QED) is 0.609. The number of H-pyrrole nitrogens is 1. The van der Waals surface area contributed by atoms with Gasteiger partial charge in [-0.3, -0.25) is 5.10 Å². The molecule has 0 radical (unpaired) electrons. The van der Waals surface area contributed by atoms with Crippen LogP contribution < -0.4 is 5.32 Å². The minimum absolute atomic E-state index is 0.643. The highest BCUT2D eigenvalue weighted by atomic mass is 32.2. The van der Waals surface area contributed by atoms with Gasteiger partial charge in [0.2, 0.25) is 5.16 Å². The third-order valence-electron chi connectivity index (χ3n) is 2.20. The number of nitrogens with one attached hydrogen (secondary N) is 2. The molecule has 0 spiro atoms. The second-order valence-electron chi connectivity index (χ2n) is 3.86. The normalized spacial score (nSPS) is 10.8. The van der Waals surface area contributed by atoms with Gasteiger partial charge in [0.1, 0.15) is 5.82 Å². The Morgan fingerprint density at radius 2 is 2.06 bits per heavy atom. The average Bonchev–Trinajstić information content (AvgIpc) is 2.77. The molecule has 0 saturated carbocycles. The van der Waals surface area contributed by atoms with E-state index < -0.39 is 0 Å². The Balaban J connectivity index is 1.91. The van der Waals surface area contributed by atoms with Gasteiger partial charge >= 0.3 is 0 Å². The molecule has 0 bridgehead atoms. The van der Waals surface area contributed by atoms with Crippen LogP contribution in [0.4, 0.5) is 0 Å². The lowest BCUT2D eigenvalue weighted by Gasteiger charge is -2.02. The SMILES string of the molecule is CCCNCc1cnc(Sc2n[nH]c(C)n2)nc1. The van der Waals surface area contributed by atoms with Gasteiger partial charge in [-0.2, -0.15) is 0 Å². The number of rotatable bonds is 6. The van der Waals surface area contributed by atoms with E-state index in [4.69, 9.17) is 0 Å². The summed E-state index contributed by atoms with van der Waals surface area (Å²) >= 11 is 1.35. The minimum Gasteiger partial charge on any atom is -0.313 e. The summed E-state index contributed by atoms with van der Waals surface area (Å²) in [5, 5.41) is 11.4. The molecule has 0 unspecified atom stereocenters. The van der Waals surface area contributed by atoms with Crippen molar-refractivity contribution in [1.29, 1.82) is 0 Å².